The van der Waals surface area contributed by atoms with Crippen molar-refractivity contribution < 1.29 is 17.9 Å². The molecule has 0 atom stereocenters. The zero-order valence-electron chi connectivity index (χ0n) is 11.1. The number of aliphatic hydroxyl groups excluding tert-OH is 1. The van der Waals surface area contributed by atoms with E-state index in [1.165, 1.54) is 6.07 Å². The van der Waals surface area contributed by atoms with Gasteiger partial charge in [0, 0.05) is 10.2 Å². The number of nitrogens with one attached hydrogen (secondary N) is 1. The summed E-state index contributed by atoms with van der Waals surface area (Å²) in [7, 11) is -4.06. The van der Waals surface area contributed by atoms with Gasteiger partial charge in [-0.05, 0) is 48.4 Å². The van der Waals surface area contributed by atoms with E-state index < -0.39 is 20.7 Å². The lowest BCUT2D eigenvalue weighted by Crippen LogP contribution is -2.15. The van der Waals surface area contributed by atoms with Gasteiger partial charge < -0.3 is 5.11 Å². The van der Waals surface area contributed by atoms with Gasteiger partial charge in [0.1, 0.15) is 10.7 Å². The van der Waals surface area contributed by atoms with Crippen LogP contribution in [0.5, 0.6) is 0 Å². The summed E-state index contributed by atoms with van der Waals surface area (Å²) in [6.45, 7) is 1.45. The van der Waals surface area contributed by atoms with Crippen LogP contribution in [-0.4, -0.2) is 13.5 Å². The highest BCUT2D eigenvalue weighted by Crippen LogP contribution is 2.24. The summed E-state index contributed by atoms with van der Waals surface area (Å²) in [5.41, 5.74) is 1.51. The average molecular weight is 374 g/mol. The molecule has 2 rings (SSSR count). The van der Waals surface area contributed by atoms with Gasteiger partial charge in [0.2, 0.25) is 0 Å². The van der Waals surface area contributed by atoms with Crippen LogP contribution in [0.3, 0.4) is 0 Å². The van der Waals surface area contributed by atoms with Crippen molar-refractivity contribution in [2.75, 3.05) is 4.72 Å². The van der Waals surface area contributed by atoms with Crippen molar-refractivity contribution >= 4 is 31.6 Å². The quantitative estimate of drug-likeness (QED) is 0.864. The van der Waals surface area contributed by atoms with Crippen molar-refractivity contribution in [3.63, 3.8) is 0 Å². The third-order valence-electron chi connectivity index (χ3n) is 2.88. The molecule has 0 aliphatic rings. The second-order valence-corrected chi connectivity index (χ2v) is 7.00. The summed E-state index contributed by atoms with van der Waals surface area (Å²) < 4.78 is 41.4. The number of hydrogen-bond acceptors (Lipinski definition) is 3. The molecule has 0 aliphatic carbocycles. The van der Waals surface area contributed by atoms with Gasteiger partial charge in [-0.2, -0.15) is 0 Å². The largest absolute Gasteiger partial charge is 0.392 e. The van der Waals surface area contributed by atoms with Crippen LogP contribution in [0.1, 0.15) is 11.1 Å². The fourth-order valence-electron chi connectivity index (χ4n) is 1.77. The fourth-order valence-corrected chi connectivity index (χ4v) is 3.20. The molecular weight excluding hydrogens is 361 g/mol. The highest BCUT2D eigenvalue weighted by molar-refractivity contribution is 9.10. The van der Waals surface area contributed by atoms with Crippen LogP contribution in [-0.2, 0) is 16.6 Å². The molecule has 0 aromatic heterocycles. The number of benzene rings is 2. The molecular formula is C14H13BrFNO3S. The van der Waals surface area contributed by atoms with Crippen LogP contribution >= 0.6 is 15.9 Å². The monoisotopic (exact) mass is 373 g/mol. The molecule has 21 heavy (non-hydrogen) atoms. The van der Waals surface area contributed by atoms with E-state index in [1.54, 1.807) is 18.2 Å². The van der Waals surface area contributed by atoms with Gasteiger partial charge in [-0.3, -0.25) is 4.72 Å². The highest BCUT2D eigenvalue weighted by Gasteiger charge is 2.20. The van der Waals surface area contributed by atoms with Crippen molar-refractivity contribution in [3.8, 4) is 0 Å². The lowest BCUT2D eigenvalue weighted by molar-refractivity contribution is 0.281. The molecule has 0 spiro atoms. The summed E-state index contributed by atoms with van der Waals surface area (Å²) >= 11 is 3.32. The second kappa shape index (κ2) is 6.13. The second-order valence-electron chi connectivity index (χ2n) is 4.49. The number of rotatable bonds is 4. The minimum absolute atomic E-state index is 0.323. The average Bonchev–Trinajstić information content (AvgIpc) is 2.43. The smallest absolute Gasteiger partial charge is 0.264 e. The van der Waals surface area contributed by atoms with Crippen LogP contribution < -0.4 is 4.72 Å². The van der Waals surface area contributed by atoms with E-state index in [0.717, 1.165) is 22.2 Å². The summed E-state index contributed by atoms with van der Waals surface area (Å²) in [4.78, 5) is -0.491. The van der Waals surface area contributed by atoms with Gasteiger partial charge in [-0.1, -0.05) is 22.0 Å². The Hall–Kier alpha value is -1.44. The van der Waals surface area contributed by atoms with Crippen molar-refractivity contribution in [2.45, 2.75) is 18.4 Å². The summed E-state index contributed by atoms with van der Waals surface area (Å²) in [6.07, 6.45) is 0. The van der Waals surface area contributed by atoms with Crippen LogP contribution in [0.25, 0.3) is 0 Å². The minimum atomic E-state index is -4.06. The van der Waals surface area contributed by atoms with Crippen LogP contribution in [0.2, 0.25) is 0 Å². The number of hydrogen-bond donors (Lipinski definition) is 2. The molecule has 0 bridgehead atoms. The van der Waals surface area contributed by atoms with Crippen molar-refractivity contribution in [1.82, 2.24) is 0 Å². The molecule has 2 aromatic rings. The first-order valence-electron chi connectivity index (χ1n) is 6.02. The molecule has 0 fully saturated rings. The first-order chi connectivity index (χ1) is 9.83. The summed E-state index contributed by atoms with van der Waals surface area (Å²) in [5, 5.41) is 9.03. The van der Waals surface area contributed by atoms with Gasteiger partial charge in [0.15, 0.2) is 0 Å². The van der Waals surface area contributed by atoms with E-state index in [2.05, 4.69) is 20.7 Å². The summed E-state index contributed by atoms with van der Waals surface area (Å²) in [5.74, 6) is -0.867. The van der Waals surface area contributed by atoms with E-state index >= 15 is 0 Å². The molecule has 112 valence electrons. The zero-order valence-corrected chi connectivity index (χ0v) is 13.5. The number of halogens is 2. The molecule has 2 aromatic carbocycles. The van der Waals surface area contributed by atoms with E-state index in [4.69, 9.17) is 5.11 Å². The Balaban J connectivity index is 2.40. The van der Waals surface area contributed by atoms with E-state index in [9.17, 15) is 12.8 Å². The van der Waals surface area contributed by atoms with Crippen molar-refractivity contribution in [1.29, 1.82) is 0 Å². The Labute approximate surface area is 130 Å². The van der Waals surface area contributed by atoms with Crippen LogP contribution in [0.4, 0.5) is 10.1 Å². The molecule has 0 amide bonds. The SMILES string of the molecule is Cc1cc(NS(=O)(=O)c2cc(CO)ccc2F)ccc1Br. The highest BCUT2D eigenvalue weighted by atomic mass is 79.9. The van der Waals surface area contributed by atoms with Gasteiger partial charge in [0.05, 0.1) is 6.61 Å². The Morgan fingerprint density at radius 3 is 2.57 bits per heavy atom. The maximum atomic E-state index is 13.7. The number of aliphatic hydroxyl groups is 1. The number of sulfonamides is 1. The van der Waals surface area contributed by atoms with Gasteiger partial charge in [-0.15, -0.1) is 0 Å². The molecule has 0 saturated heterocycles. The topological polar surface area (TPSA) is 66.4 Å². The number of aryl methyl sites for hydroxylation is 1. The van der Waals surface area contributed by atoms with Crippen LogP contribution in [0, 0.1) is 12.7 Å². The lowest BCUT2D eigenvalue weighted by atomic mass is 10.2. The molecule has 0 unspecified atom stereocenters. The fraction of sp³-hybridized carbons (Fsp3) is 0.143. The minimum Gasteiger partial charge on any atom is -0.392 e. The third-order valence-corrected chi connectivity index (χ3v) is 5.16. The Kier molecular flexibility index (Phi) is 4.65. The Bertz CT molecular complexity index is 778. The standard InChI is InChI=1S/C14H13BrFNO3S/c1-9-6-11(3-4-12(9)15)17-21(19,20)14-7-10(8-18)2-5-13(14)16/h2-7,17-18H,8H2,1H3. The Morgan fingerprint density at radius 1 is 1.24 bits per heavy atom. The lowest BCUT2D eigenvalue weighted by Gasteiger charge is -2.11. The van der Waals surface area contributed by atoms with E-state index in [-0.39, 0.29) is 6.61 Å². The van der Waals surface area contributed by atoms with Crippen molar-refractivity contribution in [2.24, 2.45) is 0 Å². The zero-order chi connectivity index (χ0) is 15.6. The summed E-state index contributed by atoms with van der Waals surface area (Å²) in [6, 6.07) is 8.38. The normalized spacial score (nSPS) is 11.4. The Morgan fingerprint density at radius 2 is 1.95 bits per heavy atom. The molecule has 0 heterocycles. The predicted molar refractivity (Wildman–Crippen MR) is 82.0 cm³/mol. The first-order valence-corrected chi connectivity index (χ1v) is 8.29. The predicted octanol–water partition coefficient (Wildman–Crippen LogP) is 3.19. The molecule has 2 N–H and O–H groups in total. The first kappa shape index (κ1) is 15.9. The maximum absolute atomic E-state index is 13.7. The molecule has 7 heteroatoms. The molecule has 0 radical (unpaired) electrons. The maximum Gasteiger partial charge on any atom is 0.264 e. The molecule has 0 aliphatic heterocycles. The third kappa shape index (κ3) is 3.61. The van der Waals surface area contributed by atoms with E-state index in [1.807, 2.05) is 6.92 Å². The van der Waals surface area contributed by atoms with Crippen LogP contribution in [0.15, 0.2) is 45.8 Å². The molecule has 4 nitrogen and oxygen atoms in total. The van der Waals surface area contributed by atoms with Crippen molar-refractivity contribution in [3.05, 3.63) is 57.8 Å². The van der Waals surface area contributed by atoms with Gasteiger partial charge >= 0.3 is 0 Å². The molecule has 0 saturated carbocycles. The van der Waals surface area contributed by atoms with Gasteiger partial charge in [0.25, 0.3) is 10.0 Å². The number of anilines is 1. The van der Waals surface area contributed by atoms with E-state index in [0.29, 0.717) is 11.3 Å². The van der Waals surface area contributed by atoms with Gasteiger partial charge in [-0.25, -0.2) is 12.8 Å².